The Balaban J connectivity index is 1.47. The van der Waals surface area contributed by atoms with Crippen LogP contribution in [0.25, 0.3) is 0 Å². The van der Waals surface area contributed by atoms with Gasteiger partial charge < -0.3 is 5.32 Å². The summed E-state index contributed by atoms with van der Waals surface area (Å²) in [4.78, 5) is 13.3. The van der Waals surface area contributed by atoms with Crippen LogP contribution in [0.4, 0.5) is 4.39 Å². The molecule has 1 heterocycles. The Morgan fingerprint density at radius 2 is 1.77 bits per heavy atom. The zero-order valence-corrected chi connectivity index (χ0v) is 18.7. The third-order valence-corrected chi connectivity index (χ3v) is 8.37. The van der Waals surface area contributed by atoms with Crippen molar-refractivity contribution in [2.24, 2.45) is 5.41 Å². The Bertz CT molecular complexity index is 1070. The molecule has 4 rings (SSSR count). The van der Waals surface area contributed by atoms with E-state index in [0.29, 0.717) is 24.3 Å². The summed E-state index contributed by atoms with van der Waals surface area (Å²) in [5.74, 6) is -0.500. The number of benzene rings is 2. The highest BCUT2D eigenvalue weighted by Gasteiger charge is 2.42. The number of rotatable bonds is 5. The van der Waals surface area contributed by atoms with E-state index in [9.17, 15) is 17.6 Å². The van der Waals surface area contributed by atoms with Crippen LogP contribution in [0.2, 0.25) is 0 Å². The van der Waals surface area contributed by atoms with Gasteiger partial charge in [-0.25, -0.2) is 12.8 Å². The van der Waals surface area contributed by atoms with Gasteiger partial charge in [0.05, 0.1) is 10.3 Å². The van der Waals surface area contributed by atoms with Crippen LogP contribution in [0.1, 0.15) is 49.3 Å². The predicted octanol–water partition coefficient (Wildman–Crippen LogP) is 3.81. The van der Waals surface area contributed by atoms with Crippen molar-refractivity contribution in [1.82, 2.24) is 9.62 Å². The van der Waals surface area contributed by atoms with Crippen LogP contribution < -0.4 is 5.32 Å². The van der Waals surface area contributed by atoms with Crippen LogP contribution >= 0.6 is 0 Å². The monoisotopic (exact) mass is 444 g/mol. The van der Waals surface area contributed by atoms with E-state index in [4.69, 9.17) is 0 Å². The molecule has 2 aromatic carbocycles. The van der Waals surface area contributed by atoms with Crippen LogP contribution in [-0.4, -0.2) is 31.7 Å². The van der Waals surface area contributed by atoms with Crippen LogP contribution in [0, 0.1) is 11.2 Å². The third-order valence-electron chi connectivity index (χ3n) is 6.53. The van der Waals surface area contributed by atoms with Gasteiger partial charge in [-0.1, -0.05) is 18.2 Å². The van der Waals surface area contributed by atoms with Crippen molar-refractivity contribution in [1.29, 1.82) is 0 Å². The predicted molar refractivity (Wildman–Crippen MR) is 117 cm³/mol. The van der Waals surface area contributed by atoms with Crippen molar-refractivity contribution in [3.8, 4) is 0 Å². The number of aryl methyl sites for hydroxylation is 2. The maximum absolute atomic E-state index is 13.4. The molecule has 166 valence electrons. The van der Waals surface area contributed by atoms with E-state index in [1.54, 1.807) is 18.2 Å². The molecule has 0 saturated carbocycles. The van der Waals surface area contributed by atoms with E-state index >= 15 is 0 Å². The minimum Gasteiger partial charge on any atom is -0.352 e. The molecule has 0 spiro atoms. The minimum atomic E-state index is -3.66. The maximum atomic E-state index is 13.4. The summed E-state index contributed by atoms with van der Waals surface area (Å²) in [6.07, 6.45) is 5.42. The SMILES string of the molecule is C[C@@]1(C(=O)NCc2ccc(F)cc2)CCCN(S(=O)(=O)c2ccc3c(c2)CCCC3)C1. The average Bonchev–Trinajstić information content (AvgIpc) is 2.78. The number of halogens is 1. The molecule has 1 amide bonds. The first-order valence-corrected chi connectivity index (χ1v) is 12.4. The molecule has 0 bridgehead atoms. The Kier molecular flexibility index (Phi) is 6.17. The van der Waals surface area contributed by atoms with E-state index in [1.165, 1.54) is 22.0 Å². The number of hydrogen-bond acceptors (Lipinski definition) is 3. The lowest BCUT2D eigenvalue weighted by Crippen LogP contribution is -2.51. The van der Waals surface area contributed by atoms with E-state index in [0.717, 1.165) is 36.8 Å². The van der Waals surface area contributed by atoms with Crippen molar-refractivity contribution >= 4 is 15.9 Å². The van der Waals surface area contributed by atoms with Gasteiger partial charge in [0.25, 0.3) is 0 Å². The number of hydrogen-bond donors (Lipinski definition) is 1. The van der Waals surface area contributed by atoms with Crippen LogP contribution in [0.3, 0.4) is 0 Å². The number of amides is 1. The molecule has 2 aromatic rings. The van der Waals surface area contributed by atoms with Gasteiger partial charge in [-0.3, -0.25) is 4.79 Å². The molecule has 7 heteroatoms. The molecule has 1 fully saturated rings. The first kappa shape index (κ1) is 22.0. The second-order valence-electron chi connectivity index (χ2n) is 8.95. The lowest BCUT2D eigenvalue weighted by Gasteiger charge is -2.38. The highest BCUT2D eigenvalue weighted by Crippen LogP contribution is 2.34. The number of carbonyl (C=O) groups excluding carboxylic acids is 1. The van der Waals surface area contributed by atoms with Crippen LogP contribution in [0.15, 0.2) is 47.4 Å². The summed E-state index contributed by atoms with van der Waals surface area (Å²) in [5.41, 5.74) is 2.37. The second kappa shape index (κ2) is 8.71. The molecule has 1 saturated heterocycles. The molecule has 5 nitrogen and oxygen atoms in total. The molecule has 1 aliphatic carbocycles. The van der Waals surface area contributed by atoms with E-state index in [1.807, 2.05) is 19.1 Å². The van der Waals surface area contributed by atoms with Gasteiger partial charge in [0.2, 0.25) is 15.9 Å². The summed E-state index contributed by atoms with van der Waals surface area (Å²) in [7, 11) is -3.66. The van der Waals surface area contributed by atoms with Crippen LogP contribution in [0.5, 0.6) is 0 Å². The summed E-state index contributed by atoms with van der Waals surface area (Å²) < 4.78 is 41.2. The molecule has 0 unspecified atom stereocenters. The lowest BCUT2D eigenvalue weighted by molar-refractivity contribution is -0.132. The van der Waals surface area contributed by atoms with Gasteiger partial charge in [0.15, 0.2) is 0 Å². The minimum absolute atomic E-state index is 0.154. The van der Waals surface area contributed by atoms with Gasteiger partial charge in [0, 0.05) is 19.6 Å². The van der Waals surface area contributed by atoms with Gasteiger partial charge >= 0.3 is 0 Å². The molecule has 0 radical (unpaired) electrons. The molecule has 1 atom stereocenters. The number of sulfonamides is 1. The lowest BCUT2D eigenvalue weighted by atomic mass is 9.82. The first-order valence-electron chi connectivity index (χ1n) is 10.9. The van der Waals surface area contributed by atoms with Gasteiger partial charge in [0.1, 0.15) is 5.82 Å². The molecule has 1 N–H and O–H groups in total. The summed E-state index contributed by atoms with van der Waals surface area (Å²) in [6.45, 7) is 2.68. The average molecular weight is 445 g/mol. The molecule has 2 aliphatic rings. The quantitative estimate of drug-likeness (QED) is 0.763. The molecule has 0 aromatic heterocycles. The largest absolute Gasteiger partial charge is 0.352 e. The standard InChI is InChI=1S/C24H29FN2O3S/c1-24(23(28)26-16-18-7-10-21(25)11-8-18)13-4-14-27(17-24)31(29,30)22-12-9-19-5-2-3-6-20(19)15-22/h7-12,15H,2-6,13-14,16-17H2,1H3,(H,26,28)/t24-/m1/s1. The summed E-state index contributed by atoms with van der Waals surface area (Å²) >= 11 is 0. The fourth-order valence-corrected chi connectivity index (χ4v) is 6.25. The Labute approximate surface area is 183 Å². The Hall–Kier alpha value is -2.25. The normalized spacial score (nSPS) is 22.0. The Morgan fingerprint density at radius 1 is 1.06 bits per heavy atom. The van der Waals surface area contributed by atoms with Crippen molar-refractivity contribution in [2.75, 3.05) is 13.1 Å². The van der Waals surface area contributed by atoms with Gasteiger partial charge in [-0.2, -0.15) is 4.31 Å². The fraction of sp³-hybridized carbons (Fsp3) is 0.458. The van der Waals surface area contributed by atoms with Gasteiger partial charge in [-0.15, -0.1) is 0 Å². The van der Waals surface area contributed by atoms with Crippen LogP contribution in [-0.2, 0) is 34.2 Å². The topological polar surface area (TPSA) is 66.5 Å². The molecular formula is C24H29FN2O3S. The smallest absolute Gasteiger partial charge is 0.243 e. The van der Waals surface area contributed by atoms with E-state index < -0.39 is 15.4 Å². The van der Waals surface area contributed by atoms with E-state index in [2.05, 4.69) is 5.32 Å². The molecule has 1 aliphatic heterocycles. The van der Waals surface area contributed by atoms with Crippen molar-refractivity contribution < 1.29 is 17.6 Å². The molecule has 31 heavy (non-hydrogen) atoms. The number of nitrogens with one attached hydrogen (secondary N) is 1. The highest BCUT2D eigenvalue weighted by molar-refractivity contribution is 7.89. The van der Waals surface area contributed by atoms with Crippen molar-refractivity contribution in [3.63, 3.8) is 0 Å². The maximum Gasteiger partial charge on any atom is 0.243 e. The van der Waals surface area contributed by atoms with Crippen molar-refractivity contribution in [3.05, 3.63) is 65.0 Å². The first-order chi connectivity index (χ1) is 14.8. The van der Waals surface area contributed by atoms with Gasteiger partial charge in [-0.05, 0) is 86.4 Å². The number of nitrogens with zero attached hydrogens (tertiary/aromatic N) is 1. The summed E-state index contributed by atoms with van der Waals surface area (Å²) in [5, 5.41) is 2.90. The molecular weight excluding hydrogens is 415 g/mol. The Morgan fingerprint density at radius 3 is 2.52 bits per heavy atom. The second-order valence-corrected chi connectivity index (χ2v) is 10.9. The zero-order chi connectivity index (χ0) is 22.1. The van der Waals surface area contributed by atoms with E-state index in [-0.39, 0.29) is 24.8 Å². The summed E-state index contributed by atoms with van der Waals surface area (Å²) in [6, 6.07) is 11.5. The van der Waals surface area contributed by atoms with Crippen molar-refractivity contribution in [2.45, 2.75) is 56.9 Å². The fourth-order valence-electron chi connectivity index (χ4n) is 4.60. The highest BCUT2D eigenvalue weighted by atomic mass is 32.2. The number of fused-ring (bicyclic) bond motifs is 1. The number of piperidine rings is 1. The third kappa shape index (κ3) is 4.67. The zero-order valence-electron chi connectivity index (χ0n) is 17.9. The number of carbonyl (C=O) groups is 1.